The topological polar surface area (TPSA) is 46.3 Å². The van der Waals surface area contributed by atoms with Crippen molar-refractivity contribution >= 4 is 5.91 Å². The Hall–Kier alpha value is -0.830. The Kier molecular flexibility index (Phi) is 1.53. The number of carbonyl (C=O) groups excluding carboxylic acids is 1. The van der Waals surface area contributed by atoms with Crippen molar-refractivity contribution in [3.05, 3.63) is 12.3 Å². The summed E-state index contributed by atoms with van der Waals surface area (Å²) in [6.45, 7) is 1.79. The summed E-state index contributed by atoms with van der Waals surface area (Å²) >= 11 is 0. The fraction of sp³-hybridized carbons (Fsp3) is 0.500. The minimum absolute atomic E-state index is 0.0880. The molecular formula is C6H10N2O. The van der Waals surface area contributed by atoms with Crippen molar-refractivity contribution in [2.75, 3.05) is 0 Å². The van der Waals surface area contributed by atoms with E-state index in [1.807, 2.05) is 6.08 Å². The lowest BCUT2D eigenvalue weighted by Crippen LogP contribution is -2.37. The molecule has 1 unspecified atom stereocenters. The third kappa shape index (κ3) is 1.10. The molecule has 0 aromatic rings. The third-order valence-electron chi connectivity index (χ3n) is 1.29. The molecule has 0 bridgehead atoms. The second-order valence-corrected chi connectivity index (χ2v) is 2.13. The van der Waals surface area contributed by atoms with E-state index < -0.39 is 0 Å². The molecule has 0 saturated carbocycles. The highest BCUT2D eigenvalue weighted by molar-refractivity contribution is 5.81. The van der Waals surface area contributed by atoms with E-state index in [4.69, 9.17) is 5.73 Å². The number of carbonyl (C=O) groups is 1. The fourth-order valence-corrected chi connectivity index (χ4v) is 0.819. The third-order valence-corrected chi connectivity index (χ3v) is 1.29. The maximum atomic E-state index is 10.8. The highest BCUT2D eigenvalue weighted by Gasteiger charge is 2.16. The molecular weight excluding hydrogens is 116 g/mol. The summed E-state index contributed by atoms with van der Waals surface area (Å²) in [5.41, 5.74) is 5.44. The molecule has 1 aliphatic rings. The predicted molar refractivity (Wildman–Crippen MR) is 34.3 cm³/mol. The highest BCUT2D eigenvalue weighted by Crippen LogP contribution is 2.06. The Morgan fingerprint density at radius 2 is 2.56 bits per heavy atom. The van der Waals surface area contributed by atoms with Crippen molar-refractivity contribution in [2.24, 2.45) is 5.73 Å². The quantitative estimate of drug-likeness (QED) is 0.539. The minimum Gasteiger partial charge on any atom is -0.311 e. The Bertz CT molecular complexity index is 151. The van der Waals surface area contributed by atoms with Crippen molar-refractivity contribution in [2.45, 2.75) is 19.5 Å². The zero-order chi connectivity index (χ0) is 6.85. The second-order valence-electron chi connectivity index (χ2n) is 2.13. The number of hydrogen-bond acceptors (Lipinski definition) is 2. The molecule has 1 amide bonds. The zero-order valence-corrected chi connectivity index (χ0v) is 5.37. The van der Waals surface area contributed by atoms with Crippen LogP contribution in [0, 0.1) is 0 Å². The predicted octanol–water partition coefficient (Wildman–Crippen LogP) is 0.0371. The molecule has 0 aliphatic carbocycles. The number of hydrogen-bond donors (Lipinski definition) is 1. The van der Waals surface area contributed by atoms with Gasteiger partial charge in [0.2, 0.25) is 5.91 Å². The maximum absolute atomic E-state index is 10.8. The summed E-state index contributed by atoms with van der Waals surface area (Å²) in [7, 11) is 0. The van der Waals surface area contributed by atoms with E-state index in [9.17, 15) is 4.79 Å². The van der Waals surface area contributed by atoms with Crippen LogP contribution in [-0.2, 0) is 4.79 Å². The van der Waals surface area contributed by atoms with Crippen LogP contribution >= 0.6 is 0 Å². The number of amides is 1. The lowest BCUT2D eigenvalue weighted by Gasteiger charge is -2.17. The molecule has 2 N–H and O–H groups in total. The lowest BCUT2D eigenvalue weighted by molar-refractivity contribution is -0.128. The van der Waals surface area contributed by atoms with Gasteiger partial charge in [0.1, 0.15) is 0 Å². The number of rotatable bonds is 1. The van der Waals surface area contributed by atoms with E-state index in [0.29, 0.717) is 6.42 Å². The van der Waals surface area contributed by atoms with Crippen LogP contribution in [0.5, 0.6) is 0 Å². The van der Waals surface area contributed by atoms with Gasteiger partial charge in [-0.25, -0.2) is 0 Å². The van der Waals surface area contributed by atoms with Crippen LogP contribution in [0.1, 0.15) is 13.3 Å². The summed E-state index contributed by atoms with van der Waals surface area (Å²) in [6.07, 6.45) is 3.86. The van der Waals surface area contributed by atoms with Gasteiger partial charge in [-0.05, 0) is 6.92 Å². The lowest BCUT2D eigenvalue weighted by atomic mass is 10.4. The average Bonchev–Trinajstić information content (AvgIpc) is 2.13. The van der Waals surface area contributed by atoms with Gasteiger partial charge in [0.15, 0.2) is 0 Å². The van der Waals surface area contributed by atoms with Crippen LogP contribution in [-0.4, -0.2) is 17.0 Å². The molecule has 0 spiro atoms. The Balaban J connectivity index is 2.59. The first-order valence-electron chi connectivity index (χ1n) is 2.95. The molecule has 1 atom stereocenters. The summed E-state index contributed by atoms with van der Waals surface area (Å²) in [5, 5.41) is 0. The van der Waals surface area contributed by atoms with Crippen molar-refractivity contribution < 1.29 is 4.79 Å². The molecule has 0 saturated heterocycles. The van der Waals surface area contributed by atoms with E-state index >= 15 is 0 Å². The minimum atomic E-state index is -0.184. The van der Waals surface area contributed by atoms with Gasteiger partial charge in [-0.1, -0.05) is 6.08 Å². The summed E-state index contributed by atoms with van der Waals surface area (Å²) in [6, 6.07) is 0. The molecule has 0 fully saturated rings. The average molecular weight is 126 g/mol. The van der Waals surface area contributed by atoms with Crippen molar-refractivity contribution in [1.82, 2.24) is 4.90 Å². The van der Waals surface area contributed by atoms with E-state index in [2.05, 4.69) is 0 Å². The van der Waals surface area contributed by atoms with Gasteiger partial charge >= 0.3 is 0 Å². The van der Waals surface area contributed by atoms with Crippen LogP contribution in [0.4, 0.5) is 0 Å². The van der Waals surface area contributed by atoms with Crippen molar-refractivity contribution in [3.8, 4) is 0 Å². The largest absolute Gasteiger partial charge is 0.311 e. The molecule has 1 heterocycles. The molecule has 0 aromatic heterocycles. The van der Waals surface area contributed by atoms with Gasteiger partial charge in [-0.2, -0.15) is 0 Å². The Morgan fingerprint density at radius 1 is 1.89 bits per heavy atom. The first kappa shape index (κ1) is 6.29. The van der Waals surface area contributed by atoms with Gasteiger partial charge in [-0.3, -0.25) is 4.79 Å². The Labute approximate surface area is 54.1 Å². The number of nitrogens with two attached hydrogens (primary N) is 1. The molecule has 0 aromatic carbocycles. The van der Waals surface area contributed by atoms with Gasteiger partial charge in [0.05, 0.1) is 6.17 Å². The van der Waals surface area contributed by atoms with Gasteiger partial charge in [0.25, 0.3) is 0 Å². The van der Waals surface area contributed by atoms with E-state index in [0.717, 1.165) is 0 Å². The first-order chi connectivity index (χ1) is 4.22. The van der Waals surface area contributed by atoms with Gasteiger partial charge in [-0.15, -0.1) is 0 Å². The van der Waals surface area contributed by atoms with Crippen LogP contribution in [0.2, 0.25) is 0 Å². The van der Waals surface area contributed by atoms with E-state index in [1.54, 1.807) is 13.1 Å². The second kappa shape index (κ2) is 2.19. The molecule has 50 valence electrons. The number of nitrogens with zero attached hydrogens (tertiary/aromatic N) is 1. The van der Waals surface area contributed by atoms with Crippen molar-refractivity contribution in [3.63, 3.8) is 0 Å². The normalized spacial score (nSPS) is 21.1. The van der Waals surface area contributed by atoms with Crippen LogP contribution in [0.3, 0.4) is 0 Å². The molecule has 3 nitrogen and oxygen atoms in total. The molecule has 0 radical (unpaired) electrons. The Morgan fingerprint density at radius 3 is 2.78 bits per heavy atom. The highest BCUT2D eigenvalue weighted by atomic mass is 16.2. The van der Waals surface area contributed by atoms with Crippen molar-refractivity contribution in [1.29, 1.82) is 0 Å². The van der Waals surface area contributed by atoms with Crippen LogP contribution < -0.4 is 5.73 Å². The van der Waals surface area contributed by atoms with E-state index in [-0.39, 0.29) is 12.1 Å². The molecule has 1 rings (SSSR count). The van der Waals surface area contributed by atoms with Gasteiger partial charge in [0, 0.05) is 12.6 Å². The van der Waals surface area contributed by atoms with Crippen LogP contribution in [0.15, 0.2) is 12.3 Å². The smallest absolute Gasteiger partial charge is 0.231 e. The monoisotopic (exact) mass is 126 g/mol. The maximum Gasteiger partial charge on any atom is 0.231 e. The summed E-state index contributed by atoms with van der Waals surface area (Å²) < 4.78 is 0. The zero-order valence-electron chi connectivity index (χ0n) is 5.37. The molecule has 1 aliphatic heterocycles. The fourth-order valence-electron chi connectivity index (χ4n) is 0.819. The standard InChI is InChI=1S/C6H10N2O/c1-5(7)8-4-2-3-6(8)9/h2,4-5H,3,7H2,1H3. The SMILES string of the molecule is CC(N)N1C=CCC1=O. The molecule has 9 heavy (non-hydrogen) atoms. The summed E-state index contributed by atoms with van der Waals surface area (Å²) in [5.74, 6) is 0.0880. The summed E-state index contributed by atoms with van der Waals surface area (Å²) in [4.78, 5) is 12.3. The van der Waals surface area contributed by atoms with E-state index in [1.165, 1.54) is 4.90 Å². The molecule has 3 heteroatoms. The van der Waals surface area contributed by atoms with Gasteiger partial charge < -0.3 is 10.6 Å². The first-order valence-corrected chi connectivity index (χ1v) is 2.95. The van der Waals surface area contributed by atoms with Crippen LogP contribution in [0.25, 0.3) is 0 Å².